The summed E-state index contributed by atoms with van der Waals surface area (Å²) in [5.41, 5.74) is -3.98. The van der Waals surface area contributed by atoms with Gasteiger partial charge in [-0.1, -0.05) is 13.0 Å². The summed E-state index contributed by atoms with van der Waals surface area (Å²) in [7, 11) is 0. The molecule has 1 spiro atoms. The number of carbonyl (C=O) groups excluding carboxylic acids is 2. The minimum absolute atomic E-state index is 0.00762. The van der Waals surface area contributed by atoms with Crippen LogP contribution in [-0.4, -0.2) is 68.5 Å². The number of allylic oxidation sites excluding steroid dienone is 1. The Morgan fingerprint density at radius 2 is 1.96 bits per heavy atom. The number of epoxide rings is 1. The maximum absolute atomic E-state index is 12.4. The van der Waals surface area contributed by atoms with Crippen molar-refractivity contribution < 1.29 is 39.1 Å². The lowest BCUT2D eigenvalue weighted by Gasteiger charge is -2.40. The van der Waals surface area contributed by atoms with Crippen LogP contribution in [0.5, 0.6) is 0 Å². The van der Waals surface area contributed by atoms with Gasteiger partial charge in [0, 0.05) is 17.9 Å². The number of hydrogen-bond donors (Lipinski definition) is 3. The fraction of sp³-hybridized carbons (Fsp3) is 0.800. The summed E-state index contributed by atoms with van der Waals surface area (Å²) < 4.78 is 17.1. The highest BCUT2D eigenvalue weighted by Gasteiger charge is 2.87. The lowest BCUT2D eigenvalue weighted by molar-refractivity contribution is -0.178. The molecule has 0 aromatic heterocycles. The van der Waals surface area contributed by atoms with Crippen LogP contribution in [0.15, 0.2) is 11.6 Å². The van der Waals surface area contributed by atoms with Crippen LogP contribution in [0.3, 0.4) is 0 Å². The van der Waals surface area contributed by atoms with Gasteiger partial charge in [-0.05, 0) is 27.7 Å². The first-order valence-corrected chi connectivity index (χ1v) is 9.75. The normalized spacial score (nSPS) is 54.9. The van der Waals surface area contributed by atoms with E-state index < -0.39 is 70.9 Å². The second kappa shape index (κ2) is 5.78. The molecule has 2 aliphatic heterocycles. The molecule has 0 radical (unpaired) electrons. The van der Waals surface area contributed by atoms with E-state index in [4.69, 9.17) is 14.2 Å². The Kier molecular flexibility index (Phi) is 4.09. The molecule has 0 aromatic carbocycles. The topological polar surface area (TPSA) is 126 Å². The molecule has 0 unspecified atom stereocenters. The van der Waals surface area contributed by atoms with E-state index >= 15 is 0 Å². The van der Waals surface area contributed by atoms with Crippen molar-refractivity contribution in [2.75, 3.05) is 0 Å². The Bertz CT molecular complexity index is 755. The molecule has 0 amide bonds. The second-order valence-corrected chi connectivity index (χ2v) is 9.14. The molecule has 28 heavy (non-hydrogen) atoms. The third kappa shape index (κ3) is 2.26. The van der Waals surface area contributed by atoms with E-state index in [9.17, 15) is 24.9 Å². The molecule has 4 aliphatic rings. The van der Waals surface area contributed by atoms with Gasteiger partial charge >= 0.3 is 11.9 Å². The number of aliphatic hydroxyl groups excluding tert-OH is 1. The molecular weight excluding hydrogens is 368 g/mol. The van der Waals surface area contributed by atoms with Gasteiger partial charge in [-0.2, -0.15) is 0 Å². The summed E-state index contributed by atoms with van der Waals surface area (Å²) >= 11 is 0. The van der Waals surface area contributed by atoms with Crippen LogP contribution in [0, 0.1) is 17.8 Å². The number of aliphatic hydroxyl groups is 3. The molecule has 4 fully saturated rings. The second-order valence-electron chi connectivity index (χ2n) is 9.14. The lowest BCUT2D eigenvalue weighted by Crippen LogP contribution is -2.56. The molecular formula is C20H28O8. The summed E-state index contributed by atoms with van der Waals surface area (Å²) in [4.78, 5) is 24.9. The van der Waals surface area contributed by atoms with Gasteiger partial charge in [-0.25, -0.2) is 4.79 Å². The van der Waals surface area contributed by atoms with Crippen LogP contribution in [0.4, 0.5) is 0 Å². The maximum atomic E-state index is 12.4. The highest BCUT2D eigenvalue weighted by atomic mass is 16.7. The molecule has 0 bridgehead atoms. The summed E-state index contributed by atoms with van der Waals surface area (Å²) in [5.74, 6) is -2.99. The Hall–Kier alpha value is -1.48. The smallest absolute Gasteiger partial charge is 0.333 e. The fourth-order valence-corrected chi connectivity index (χ4v) is 5.74. The summed E-state index contributed by atoms with van der Waals surface area (Å²) in [6, 6.07) is 0. The van der Waals surface area contributed by atoms with Crippen LogP contribution in [0.1, 0.15) is 41.0 Å². The van der Waals surface area contributed by atoms with Crippen LogP contribution in [0.2, 0.25) is 0 Å². The van der Waals surface area contributed by atoms with Crippen LogP contribution in [-0.2, 0) is 23.8 Å². The Labute approximate surface area is 163 Å². The minimum atomic E-state index is -1.63. The average Bonchev–Trinajstić information content (AvgIpc) is 3.25. The Balaban J connectivity index is 1.80. The highest BCUT2D eigenvalue weighted by Crippen LogP contribution is 2.68. The standard InChI is InChI=1S/C20H28O8/c1-6-8(2)16(22)26-10-7-18(4,24)20-13(12-11(10)9(3)17(23)27-12)19(5,25)14(21)15(20)28-20/h6,9-15,21,24-25H,7H2,1-5H3/b8-6-/t9-,10-,11+,12-,13-,14-,15+,18+,19-,20-/m0/s1. The SMILES string of the molecule is C/C=C(/C)C(=O)O[C@H]1C[C@@](C)(O)[C@@]23O[C@@H]2[C@H](O)[C@@](C)(O)[C@@H]3[C@H]2OC(=O)[C@@H](C)[C@@H]21. The Morgan fingerprint density at radius 3 is 2.57 bits per heavy atom. The van der Waals surface area contributed by atoms with Crippen LogP contribution < -0.4 is 0 Å². The van der Waals surface area contributed by atoms with E-state index in [1.807, 2.05) is 0 Å². The van der Waals surface area contributed by atoms with E-state index in [0.717, 1.165) is 0 Å². The summed E-state index contributed by atoms with van der Waals surface area (Å²) in [6.07, 6.45) is -2.01. The summed E-state index contributed by atoms with van der Waals surface area (Å²) in [5, 5.41) is 33.0. The van der Waals surface area contributed by atoms with E-state index in [1.54, 1.807) is 33.8 Å². The largest absolute Gasteiger partial charge is 0.461 e. The van der Waals surface area contributed by atoms with E-state index in [2.05, 4.69) is 0 Å². The van der Waals surface area contributed by atoms with Crippen molar-refractivity contribution in [2.24, 2.45) is 17.8 Å². The van der Waals surface area contributed by atoms with Crippen molar-refractivity contribution in [3.05, 3.63) is 11.6 Å². The molecule has 156 valence electrons. The van der Waals surface area contributed by atoms with Gasteiger partial charge in [-0.15, -0.1) is 0 Å². The van der Waals surface area contributed by atoms with E-state index in [-0.39, 0.29) is 6.42 Å². The lowest BCUT2D eigenvalue weighted by atomic mass is 9.72. The molecule has 3 N–H and O–H groups in total. The van der Waals surface area contributed by atoms with Crippen molar-refractivity contribution in [2.45, 2.75) is 82.3 Å². The average molecular weight is 396 g/mol. The monoisotopic (exact) mass is 396 g/mol. The first kappa shape index (κ1) is 19.8. The molecule has 2 heterocycles. The van der Waals surface area contributed by atoms with Crippen molar-refractivity contribution in [3.63, 3.8) is 0 Å². The zero-order valence-corrected chi connectivity index (χ0v) is 16.7. The van der Waals surface area contributed by atoms with Gasteiger partial charge in [0.15, 0.2) is 0 Å². The Morgan fingerprint density at radius 1 is 1.32 bits per heavy atom. The molecule has 2 saturated heterocycles. The van der Waals surface area contributed by atoms with Crippen molar-refractivity contribution in [1.29, 1.82) is 0 Å². The highest BCUT2D eigenvalue weighted by molar-refractivity contribution is 5.87. The molecule has 10 atom stereocenters. The van der Waals surface area contributed by atoms with Gasteiger partial charge in [-0.3, -0.25) is 4.79 Å². The molecule has 4 rings (SSSR count). The van der Waals surface area contributed by atoms with Gasteiger partial charge in [0.1, 0.15) is 30.0 Å². The minimum Gasteiger partial charge on any atom is -0.461 e. The van der Waals surface area contributed by atoms with Crippen molar-refractivity contribution in [1.82, 2.24) is 0 Å². The first-order valence-electron chi connectivity index (χ1n) is 9.75. The summed E-state index contributed by atoms with van der Waals surface area (Å²) in [6.45, 7) is 8.07. The molecule has 8 heteroatoms. The van der Waals surface area contributed by atoms with Gasteiger partial charge in [0.2, 0.25) is 0 Å². The zero-order valence-electron chi connectivity index (χ0n) is 16.7. The number of carbonyl (C=O) groups is 2. The number of rotatable bonds is 2. The van der Waals surface area contributed by atoms with E-state index in [0.29, 0.717) is 5.57 Å². The molecule has 8 nitrogen and oxygen atoms in total. The zero-order chi connectivity index (χ0) is 20.8. The number of ether oxygens (including phenoxy) is 3. The van der Waals surface area contributed by atoms with E-state index in [1.165, 1.54) is 6.92 Å². The molecule has 2 saturated carbocycles. The first-order chi connectivity index (χ1) is 12.9. The van der Waals surface area contributed by atoms with Gasteiger partial charge in [0.25, 0.3) is 0 Å². The van der Waals surface area contributed by atoms with Gasteiger partial charge in [0.05, 0.1) is 23.0 Å². The number of esters is 2. The predicted octanol–water partition coefficient (Wildman–Crippen LogP) is 0.0761. The third-order valence-corrected chi connectivity index (χ3v) is 7.46. The molecule has 0 aromatic rings. The van der Waals surface area contributed by atoms with Crippen molar-refractivity contribution >= 4 is 11.9 Å². The predicted molar refractivity (Wildman–Crippen MR) is 94.8 cm³/mol. The van der Waals surface area contributed by atoms with Crippen molar-refractivity contribution in [3.8, 4) is 0 Å². The maximum Gasteiger partial charge on any atom is 0.333 e. The quantitative estimate of drug-likeness (QED) is 0.340. The number of fused-ring (bicyclic) bond motifs is 2. The van der Waals surface area contributed by atoms with Crippen LogP contribution in [0.25, 0.3) is 0 Å². The number of hydrogen-bond acceptors (Lipinski definition) is 8. The third-order valence-electron chi connectivity index (χ3n) is 7.46. The van der Waals surface area contributed by atoms with Gasteiger partial charge < -0.3 is 29.5 Å². The molecule has 2 aliphatic carbocycles. The van der Waals surface area contributed by atoms with Crippen LogP contribution >= 0.6 is 0 Å². The fourth-order valence-electron chi connectivity index (χ4n) is 5.74.